The van der Waals surface area contributed by atoms with Crippen molar-refractivity contribution in [3.63, 3.8) is 0 Å². The van der Waals surface area contributed by atoms with Crippen LogP contribution in [-0.2, 0) is 0 Å². The third-order valence-electron chi connectivity index (χ3n) is 2.32. The van der Waals surface area contributed by atoms with Gasteiger partial charge in [0, 0.05) is 32.2 Å². The van der Waals surface area contributed by atoms with Crippen molar-refractivity contribution in [3.8, 4) is 0 Å². The van der Waals surface area contributed by atoms with E-state index < -0.39 is 6.09 Å². The standard InChI is InChI=1S/C8H16N2O2/c1-7(2)9-3-5-10(6-4-9)8(11)12/h7H,3-6H2,1-2H3,(H,11,12). The van der Waals surface area contributed by atoms with E-state index in [2.05, 4.69) is 18.7 Å². The zero-order chi connectivity index (χ0) is 9.14. The number of carbonyl (C=O) groups is 1. The lowest BCUT2D eigenvalue weighted by Gasteiger charge is -2.35. The predicted molar refractivity (Wildman–Crippen MR) is 46.3 cm³/mol. The Kier molecular flexibility index (Phi) is 2.92. The first kappa shape index (κ1) is 9.32. The van der Waals surface area contributed by atoms with Crippen LogP contribution in [-0.4, -0.2) is 53.2 Å². The zero-order valence-electron chi connectivity index (χ0n) is 7.66. The zero-order valence-corrected chi connectivity index (χ0v) is 7.66. The van der Waals surface area contributed by atoms with Crippen LogP contribution in [0.5, 0.6) is 0 Å². The summed E-state index contributed by atoms with van der Waals surface area (Å²) < 4.78 is 0. The molecule has 0 aliphatic carbocycles. The number of amides is 1. The molecule has 12 heavy (non-hydrogen) atoms. The molecule has 0 atom stereocenters. The second-order valence-corrected chi connectivity index (χ2v) is 3.40. The maximum Gasteiger partial charge on any atom is 0.407 e. The molecule has 0 aromatic heterocycles. The molecule has 4 nitrogen and oxygen atoms in total. The van der Waals surface area contributed by atoms with Crippen LogP contribution in [0.15, 0.2) is 0 Å². The summed E-state index contributed by atoms with van der Waals surface area (Å²) in [5, 5.41) is 8.67. The number of hydrogen-bond acceptors (Lipinski definition) is 2. The summed E-state index contributed by atoms with van der Waals surface area (Å²) in [6.07, 6.45) is -0.793. The lowest BCUT2D eigenvalue weighted by atomic mass is 10.2. The number of nitrogens with zero attached hydrogens (tertiary/aromatic N) is 2. The fourth-order valence-electron chi connectivity index (χ4n) is 1.43. The molecule has 1 rings (SSSR count). The first-order valence-corrected chi connectivity index (χ1v) is 4.33. The first-order valence-electron chi connectivity index (χ1n) is 4.33. The molecule has 1 saturated heterocycles. The van der Waals surface area contributed by atoms with Crippen molar-refractivity contribution in [2.24, 2.45) is 0 Å². The van der Waals surface area contributed by atoms with Gasteiger partial charge in [-0.3, -0.25) is 4.90 Å². The monoisotopic (exact) mass is 172 g/mol. The Hall–Kier alpha value is -0.770. The Morgan fingerprint density at radius 2 is 1.75 bits per heavy atom. The van der Waals surface area contributed by atoms with Crippen molar-refractivity contribution in [1.82, 2.24) is 9.80 Å². The maximum absolute atomic E-state index is 10.5. The van der Waals surface area contributed by atoms with Gasteiger partial charge in [0.2, 0.25) is 0 Å². The largest absolute Gasteiger partial charge is 0.465 e. The summed E-state index contributed by atoms with van der Waals surface area (Å²) in [7, 11) is 0. The molecule has 0 radical (unpaired) electrons. The molecule has 1 fully saturated rings. The normalized spacial score (nSPS) is 20.1. The fraction of sp³-hybridized carbons (Fsp3) is 0.875. The van der Waals surface area contributed by atoms with E-state index in [0.29, 0.717) is 19.1 Å². The van der Waals surface area contributed by atoms with Crippen LogP contribution in [0.4, 0.5) is 4.79 Å². The van der Waals surface area contributed by atoms with E-state index in [1.54, 1.807) is 0 Å². The molecule has 0 bridgehead atoms. The second-order valence-electron chi connectivity index (χ2n) is 3.40. The molecule has 0 saturated carbocycles. The average Bonchev–Trinajstić information content (AvgIpc) is 2.04. The van der Waals surface area contributed by atoms with Gasteiger partial charge in [0.15, 0.2) is 0 Å². The van der Waals surface area contributed by atoms with Crippen LogP contribution < -0.4 is 0 Å². The molecule has 4 heteroatoms. The van der Waals surface area contributed by atoms with Crippen LogP contribution >= 0.6 is 0 Å². The van der Waals surface area contributed by atoms with Crippen LogP contribution in [0.25, 0.3) is 0 Å². The van der Waals surface area contributed by atoms with Crippen molar-refractivity contribution < 1.29 is 9.90 Å². The minimum Gasteiger partial charge on any atom is -0.465 e. The maximum atomic E-state index is 10.5. The van der Waals surface area contributed by atoms with E-state index in [-0.39, 0.29) is 0 Å². The average molecular weight is 172 g/mol. The number of carboxylic acid groups (broad SMARTS) is 1. The minimum absolute atomic E-state index is 0.529. The Morgan fingerprint density at radius 3 is 2.08 bits per heavy atom. The van der Waals surface area contributed by atoms with Crippen LogP contribution in [0.1, 0.15) is 13.8 Å². The van der Waals surface area contributed by atoms with E-state index in [9.17, 15) is 4.79 Å². The van der Waals surface area contributed by atoms with E-state index in [0.717, 1.165) is 13.1 Å². The van der Waals surface area contributed by atoms with Gasteiger partial charge in [0.25, 0.3) is 0 Å². The van der Waals surface area contributed by atoms with Crippen molar-refractivity contribution in [2.75, 3.05) is 26.2 Å². The van der Waals surface area contributed by atoms with Crippen LogP contribution in [0.2, 0.25) is 0 Å². The molecular formula is C8H16N2O2. The Morgan fingerprint density at radius 1 is 1.25 bits per heavy atom. The van der Waals surface area contributed by atoms with Crippen molar-refractivity contribution in [1.29, 1.82) is 0 Å². The molecule has 70 valence electrons. The van der Waals surface area contributed by atoms with Gasteiger partial charge < -0.3 is 10.0 Å². The molecule has 0 spiro atoms. The van der Waals surface area contributed by atoms with Crippen molar-refractivity contribution in [2.45, 2.75) is 19.9 Å². The van der Waals surface area contributed by atoms with Crippen molar-refractivity contribution in [3.05, 3.63) is 0 Å². The third kappa shape index (κ3) is 2.11. The highest BCUT2D eigenvalue weighted by Crippen LogP contribution is 2.05. The van der Waals surface area contributed by atoms with Gasteiger partial charge in [-0.25, -0.2) is 4.79 Å². The van der Waals surface area contributed by atoms with E-state index in [1.807, 2.05) is 0 Å². The SMILES string of the molecule is CC(C)N1CCN(C(=O)O)CC1. The lowest BCUT2D eigenvalue weighted by Crippen LogP contribution is -2.50. The molecule has 0 unspecified atom stereocenters. The first-order chi connectivity index (χ1) is 5.61. The minimum atomic E-state index is -0.793. The molecule has 1 amide bonds. The molecular weight excluding hydrogens is 156 g/mol. The highest BCUT2D eigenvalue weighted by molar-refractivity contribution is 5.65. The number of piperazine rings is 1. The van der Waals surface area contributed by atoms with Gasteiger partial charge in [-0.15, -0.1) is 0 Å². The van der Waals surface area contributed by atoms with Gasteiger partial charge in [-0.2, -0.15) is 0 Å². The third-order valence-corrected chi connectivity index (χ3v) is 2.32. The Bertz CT molecular complexity index is 162. The van der Waals surface area contributed by atoms with Gasteiger partial charge in [0.05, 0.1) is 0 Å². The van der Waals surface area contributed by atoms with Crippen LogP contribution in [0, 0.1) is 0 Å². The second kappa shape index (κ2) is 3.76. The topological polar surface area (TPSA) is 43.8 Å². The Balaban J connectivity index is 2.34. The smallest absolute Gasteiger partial charge is 0.407 e. The van der Waals surface area contributed by atoms with Gasteiger partial charge in [-0.05, 0) is 13.8 Å². The fourth-order valence-corrected chi connectivity index (χ4v) is 1.43. The van der Waals surface area contributed by atoms with Gasteiger partial charge >= 0.3 is 6.09 Å². The summed E-state index contributed by atoms with van der Waals surface area (Å²) in [6, 6.07) is 0.529. The highest BCUT2D eigenvalue weighted by atomic mass is 16.4. The quantitative estimate of drug-likeness (QED) is 0.633. The predicted octanol–water partition coefficient (Wildman–Crippen LogP) is 0.690. The highest BCUT2D eigenvalue weighted by Gasteiger charge is 2.21. The molecule has 0 aromatic rings. The molecule has 1 N–H and O–H groups in total. The van der Waals surface area contributed by atoms with Crippen LogP contribution in [0.3, 0.4) is 0 Å². The summed E-state index contributed by atoms with van der Waals surface area (Å²) in [4.78, 5) is 14.3. The van der Waals surface area contributed by atoms with E-state index in [4.69, 9.17) is 5.11 Å². The van der Waals surface area contributed by atoms with E-state index >= 15 is 0 Å². The van der Waals surface area contributed by atoms with Crippen molar-refractivity contribution >= 4 is 6.09 Å². The number of hydrogen-bond donors (Lipinski definition) is 1. The summed E-state index contributed by atoms with van der Waals surface area (Å²) in [6.45, 7) is 7.29. The van der Waals surface area contributed by atoms with Gasteiger partial charge in [0.1, 0.15) is 0 Å². The summed E-state index contributed by atoms with van der Waals surface area (Å²) in [5.74, 6) is 0. The summed E-state index contributed by atoms with van der Waals surface area (Å²) >= 11 is 0. The lowest BCUT2D eigenvalue weighted by molar-refractivity contribution is 0.0926. The molecule has 1 aliphatic rings. The molecule has 1 heterocycles. The summed E-state index contributed by atoms with van der Waals surface area (Å²) in [5.41, 5.74) is 0. The number of rotatable bonds is 1. The Labute approximate surface area is 72.8 Å². The van der Waals surface area contributed by atoms with E-state index in [1.165, 1.54) is 4.90 Å². The molecule has 1 aliphatic heterocycles. The molecule has 0 aromatic carbocycles. The van der Waals surface area contributed by atoms with Gasteiger partial charge in [-0.1, -0.05) is 0 Å².